The standard InChI is InChI=1S/C30H42O7/c1-7-8-13-33-20-12-9-17-14-26(3,4)21-23(32)30-29-19(28(21,15-34-30)24(17)35-20)11-10-18(16(2)22(29)31)25(29)36-27(5,6)37-30/h18-21,23,25,32H,2,7-15H2,1,3-6H3/t18-,19-,20-,21+,23-,25?,28-,29-,30-/m0/s1. The minimum Gasteiger partial charge on any atom is -0.469 e. The summed E-state index contributed by atoms with van der Waals surface area (Å²) in [4.78, 5) is 14.4. The maximum atomic E-state index is 14.4. The van der Waals surface area contributed by atoms with Crippen LogP contribution in [0, 0.1) is 34.0 Å². The SMILES string of the molecule is C=C1C(=O)[C@@]23C4OC(C)(C)O[C@]25OC[C@]2(C6=C(CC[C@@H](OCCCC)O6)CC(C)(C)[C@H]2[C@@H]5O)[C@@H]3CC[C@@H]14. The van der Waals surface area contributed by atoms with Gasteiger partial charge in [0.25, 0.3) is 0 Å². The predicted octanol–water partition coefficient (Wildman–Crippen LogP) is 4.63. The smallest absolute Gasteiger partial charge is 0.213 e. The predicted molar refractivity (Wildman–Crippen MR) is 134 cm³/mol. The van der Waals surface area contributed by atoms with Gasteiger partial charge in [-0.25, -0.2) is 0 Å². The van der Waals surface area contributed by atoms with Gasteiger partial charge in [0, 0.05) is 18.3 Å². The molecule has 4 aliphatic carbocycles. The number of allylic oxidation sites excluding steroid dienone is 1. The highest BCUT2D eigenvalue weighted by Crippen LogP contribution is 2.80. The van der Waals surface area contributed by atoms with E-state index in [1.807, 2.05) is 13.8 Å². The van der Waals surface area contributed by atoms with Crippen LogP contribution in [0.25, 0.3) is 0 Å². The number of hydrogen-bond donors (Lipinski definition) is 1. The summed E-state index contributed by atoms with van der Waals surface area (Å²) in [6, 6.07) is 0. The molecule has 204 valence electrons. The van der Waals surface area contributed by atoms with Crippen LogP contribution in [0.4, 0.5) is 0 Å². The summed E-state index contributed by atoms with van der Waals surface area (Å²) in [5, 5.41) is 12.4. The Labute approximate surface area is 219 Å². The first-order chi connectivity index (χ1) is 17.5. The second-order valence-corrected chi connectivity index (χ2v) is 13.8. The van der Waals surface area contributed by atoms with Crippen LogP contribution in [0.15, 0.2) is 23.5 Å². The van der Waals surface area contributed by atoms with Crippen LogP contribution in [0.5, 0.6) is 0 Å². The summed E-state index contributed by atoms with van der Waals surface area (Å²) in [5.74, 6) is -2.00. The van der Waals surface area contributed by atoms with Crippen molar-refractivity contribution in [1.29, 1.82) is 0 Å². The van der Waals surface area contributed by atoms with Crippen molar-refractivity contribution in [2.24, 2.45) is 34.0 Å². The van der Waals surface area contributed by atoms with Gasteiger partial charge >= 0.3 is 0 Å². The zero-order chi connectivity index (χ0) is 26.2. The van der Waals surface area contributed by atoms with E-state index in [9.17, 15) is 9.90 Å². The third-order valence-corrected chi connectivity index (χ3v) is 11.0. The number of ketones is 1. The van der Waals surface area contributed by atoms with Crippen molar-refractivity contribution >= 4 is 5.78 Å². The third kappa shape index (κ3) is 2.69. The van der Waals surface area contributed by atoms with Crippen LogP contribution in [0.3, 0.4) is 0 Å². The zero-order valence-electron chi connectivity index (χ0n) is 22.9. The second-order valence-electron chi connectivity index (χ2n) is 13.8. The molecule has 4 bridgehead atoms. The number of hydrogen-bond acceptors (Lipinski definition) is 7. The molecule has 3 saturated heterocycles. The van der Waals surface area contributed by atoms with Gasteiger partial charge in [-0.05, 0) is 68.4 Å². The van der Waals surface area contributed by atoms with Gasteiger partial charge in [0.2, 0.25) is 5.79 Å². The average molecular weight is 515 g/mol. The molecule has 0 aromatic rings. The quantitative estimate of drug-likeness (QED) is 0.433. The van der Waals surface area contributed by atoms with E-state index in [0.29, 0.717) is 18.8 Å². The minimum absolute atomic E-state index is 0.0471. The van der Waals surface area contributed by atoms with E-state index in [0.717, 1.165) is 50.7 Å². The molecule has 0 amide bonds. The Kier molecular flexibility index (Phi) is 5.01. The fourth-order valence-corrected chi connectivity index (χ4v) is 10.1. The fourth-order valence-electron chi connectivity index (χ4n) is 10.1. The van der Waals surface area contributed by atoms with Crippen molar-refractivity contribution in [3.8, 4) is 0 Å². The molecule has 6 fully saturated rings. The molecule has 1 N–H and O–H groups in total. The lowest BCUT2D eigenvalue weighted by atomic mass is 9.36. The molecule has 3 saturated carbocycles. The number of ether oxygens (including phenoxy) is 5. The minimum atomic E-state index is -1.47. The van der Waals surface area contributed by atoms with Gasteiger partial charge in [0.1, 0.15) is 17.3 Å². The molecule has 8 aliphatic rings. The molecular formula is C30H42O7. The van der Waals surface area contributed by atoms with Crippen LogP contribution in [-0.4, -0.2) is 54.2 Å². The number of carbonyl (C=O) groups excluding carboxylic acids is 1. The van der Waals surface area contributed by atoms with Crippen molar-refractivity contribution in [3.05, 3.63) is 23.5 Å². The maximum absolute atomic E-state index is 14.4. The highest BCUT2D eigenvalue weighted by Gasteiger charge is 2.90. The first kappa shape index (κ1) is 24.8. The number of fused-ring (bicyclic) bond motifs is 1. The summed E-state index contributed by atoms with van der Waals surface area (Å²) < 4.78 is 33.0. The fraction of sp³-hybridized carbons (Fsp3) is 0.833. The molecule has 0 aromatic heterocycles. The van der Waals surface area contributed by atoms with Gasteiger partial charge in [-0.15, -0.1) is 0 Å². The lowest BCUT2D eigenvalue weighted by Gasteiger charge is -2.77. The Morgan fingerprint density at radius 2 is 1.95 bits per heavy atom. The highest BCUT2D eigenvalue weighted by molar-refractivity contribution is 6.05. The number of aliphatic hydroxyl groups is 1. The normalized spacial score (nSPS) is 50.3. The molecule has 9 atom stereocenters. The monoisotopic (exact) mass is 514 g/mol. The molecule has 4 aliphatic heterocycles. The molecular weight excluding hydrogens is 472 g/mol. The van der Waals surface area contributed by atoms with Crippen LogP contribution in [-0.2, 0) is 28.5 Å². The molecule has 4 heterocycles. The zero-order valence-corrected chi connectivity index (χ0v) is 22.9. The summed E-state index contributed by atoms with van der Waals surface area (Å²) >= 11 is 0. The van der Waals surface area contributed by atoms with Crippen molar-refractivity contribution in [2.75, 3.05) is 13.2 Å². The molecule has 7 nitrogen and oxygen atoms in total. The largest absolute Gasteiger partial charge is 0.469 e. The lowest BCUT2D eigenvalue weighted by molar-refractivity contribution is -0.527. The number of rotatable bonds is 4. The van der Waals surface area contributed by atoms with Gasteiger partial charge in [-0.3, -0.25) is 4.79 Å². The average Bonchev–Trinajstić information content (AvgIpc) is 2.94. The van der Waals surface area contributed by atoms with E-state index < -0.39 is 34.6 Å². The number of aliphatic hydroxyl groups excluding tert-OH is 1. The molecule has 37 heavy (non-hydrogen) atoms. The Balaban J connectivity index is 1.43. The van der Waals surface area contributed by atoms with Crippen molar-refractivity contribution in [1.82, 2.24) is 0 Å². The van der Waals surface area contributed by atoms with Crippen LogP contribution in [0.1, 0.15) is 79.6 Å². The number of unbranched alkanes of at least 4 members (excludes halogenated alkanes) is 1. The lowest BCUT2D eigenvalue weighted by Crippen LogP contribution is -2.87. The Morgan fingerprint density at radius 1 is 1.16 bits per heavy atom. The molecule has 1 unspecified atom stereocenters. The van der Waals surface area contributed by atoms with E-state index in [4.69, 9.17) is 23.7 Å². The molecule has 0 aromatic carbocycles. The summed E-state index contributed by atoms with van der Waals surface area (Å²) in [5.41, 5.74) is -0.130. The number of Topliss-reactive ketones (excluding diaryl/α,β-unsaturated/α-hetero) is 1. The Morgan fingerprint density at radius 3 is 2.70 bits per heavy atom. The van der Waals surface area contributed by atoms with E-state index in [2.05, 4.69) is 27.4 Å². The van der Waals surface area contributed by atoms with Crippen LogP contribution in [0.2, 0.25) is 0 Å². The van der Waals surface area contributed by atoms with E-state index >= 15 is 0 Å². The molecule has 3 spiro atoms. The van der Waals surface area contributed by atoms with Crippen molar-refractivity contribution < 1.29 is 33.6 Å². The van der Waals surface area contributed by atoms with Gasteiger partial charge < -0.3 is 28.8 Å². The van der Waals surface area contributed by atoms with Crippen LogP contribution < -0.4 is 0 Å². The number of carbonyl (C=O) groups is 1. The first-order valence-corrected chi connectivity index (χ1v) is 14.4. The van der Waals surface area contributed by atoms with Crippen molar-refractivity contribution in [3.63, 3.8) is 0 Å². The van der Waals surface area contributed by atoms with Gasteiger partial charge in [0.15, 0.2) is 17.9 Å². The maximum Gasteiger partial charge on any atom is 0.213 e. The summed E-state index contributed by atoms with van der Waals surface area (Å²) in [6.07, 6.45) is 4.53. The first-order valence-electron chi connectivity index (χ1n) is 14.4. The van der Waals surface area contributed by atoms with Gasteiger partial charge in [0.05, 0.1) is 24.7 Å². The van der Waals surface area contributed by atoms with Gasteiger partial charge in [-0.1, -0.05) is 33.8 Å². The van der Waals surface area contributed by atoms with E-state index in [1.54, 1.807) is 0 Å². The second kappa shape index (κ2) is 7.48. The summed E-state index contributed by atoms with van der Waals surface area (Å²) in [7, 11) is 0. The van der Waals surface area contributed by atoms with Crippen molar-refractivity contribution in [2.45, 2.75) is 110 Å². The third-order valence-electron chi connectivity index (χ3n) is 11.0. The van der Waals surface area contributed by atoms with E-state index in [1.165, 1.54) is 5.57 Å². The topological polar surface area (TPSA) is 83.5 Å². The highest BCUT2D eigenvalue weighted by atomic mass is 16.8. The Bertz CT molecular complexity index is 1090. The molecule has 0 radical (unpaired) electrons. The van der Waals surface area contributed by atoms with Crippen LogP contribution >= 0.6 is 0 Å². The van der Waals surface area contributed by atoms with E-state index in [-0.39, 0.29) is 35.2 Å². The Hall–Kier alpha value is -1.25. The molecule has 8 rings (SSSR count). The molecule has 7 heteroatoms. The van der Waals surface area contributed by atoms with Gasteiger partial charge in [-0.2, -0.15) is 0 Å². The summed E-state index contributed by atoms with van der Waals surface area (Å²) in [6.45, 7) is 15.7.